The molecule has 3 aromatic rings. The summed E-state index contributed by atoms with van der Waals surface area (Å²) in [6.07, 6.45) is 5.26. The number of pyridine rings is 1. The minimum atomic E-state index is -0.0346. The maximum atomic E-state index is 13.5. The fraction of sp³-hybridized carbons (Fsp3) is 0.407. The zero-order valence-corrected chi connectivity index (χ0v) is 18.9. The zero-order chi connectivity index (χ0) is 22.2. The largest absolute Gasteiger partial charge is 0.497 e. The molecule has 2 fully saturated rings. The summed E-state index contributed by atoms with van der Waals surface area (Å²) in [5.74, 6) is 3.56. The van der Waals surface area contributed by atoms with Crippen LogP contribution >= 0.6 is 0 Å². The first-order valence-corrected chi connectivity index (χ1v) is 11.5. The summed E-state index contributed by atoms with van der Waals surface area (Å²) < 4.78 is 10.9. The van der Waals surface area contributed by atoms with Crippen molar-refractivity contribution in [3.63, 3.8) is 0 Å². The molecular weight excluding hydrogens is 400 g/mol. The lowest BCUT2D eigenvalue weighted by atomic mass is 9.84. The maximum Gasteiger partial charge on any atom is 0.252 e. The molecule has 4 atom stereocenters. The quantitative estimate of drug-likeness (QED) is 0.563. The Labute approximate surface area is 189 Å². The van der Waals surface area contributed by atoms with Crippen LogP contribution in [-0.4, -0.2) is 31.2 Å². The fourth-order valence-corrected chi connectivity index (χ4v) is 5.81. The molecule has 0 spiro atoms. The van der Waals surface area contributed by atoms with Crippen molar-refractivity contribution >= 4 is 16.8 Å². The van der Waals surface area contributed by atoms with Crippen molar-refractivity contribution in [2.24, 2.45) is 17.8 Å². The number of methoxy groups -OCH3 is 2. The highest BCUT2D eigenvalue weighted by molar-refractivity contribution is 6.07. The van der Waals surface area contributed by atoms with Gasteiger partial charge in [-0.1, -0.05) is 24.6 Å². The van der Waals surface area contributed by atoms with Crippen molar-refractivity contribution in [2.45, 2.75) is 38.6 Å². The van der Waals surface area contributed by atoms with E-state index in [2.05, 4.69) is 12.2 Å². The third-order valence-corrected chi connectivity index (χ3v) is 7.44. The Morgan fingerprint density at radius 2 is 1.91 bits per heavy atom. The number of rotatable bonds is 6. The van der Waals surface area contributed by atoms with Gasteiger partial charge in [-0.05, 0) is 68.2 Å². The van der Waals surface area contributed by atoms with Gasteiger partial charge in [0.05, 0.1) is 31.0 Å². The summed E-state index contributed by atoms with van der Waals surface area (Å²) in [5, 5.41) is 4.19. The molecule has 2 bridgehead atoms. The van der Waals surface area contributed by atoms with E-state index >= 15 is 0 Å². The number of ether oxygens (including phenoxy) is 2. The Morgan fingerprint density at radius 3 is 2.62 bits per heavy atom. The number of hydrogen-bond acceptors (Lipinski definition) is 4. The van der Waals surface area contributed by atoms with Gasteiger partial charge in [0.15, 0.2) is 0 Å². The van der Waals surface area contributed by atoms with E-state index < -0.39 is 0 Å². The van der Waals surface area contributed by atoms with Gasteiger partial charge in [-0.2, -0.15) is 0 Å². The van der Waals surface area contributed by atoms with Crippen LogP contribution in [0.2, 0.25) is 0 Å². The molecule has 0 aliphatic heterocycles. The summed E-state index contributed by atoms with van der Waals surface area (Å²) in [7, 11) is 3.26. The molecule has 0 radical (unpaired) electrons. The van der Waals surface area contributed by atoms with E-state index in [1.807, 2.05) is 48.5 Å². The average Bonchev–Trinajstić information content (AvgIpc) is 3.47. The second kappa shape index (κ2) is 8.45. The number of nitrogens with zero attached hydrogens (tertiary/aromatic N) is 1. The highest BCUT2D eigenvalue weighted by atomic mass is 16.5. The highest BCUT2D eigenvalue weighted by Gasteiger charge is 2.42. The minimum absolute atomic E-state index is 0.0346. The molecule has 0 unspecified atom stereocenters. The van der Waals surface area contributed by atoms with E-state index in [0.29, 0.717) is 28.7 Å². The predicted molar refractivity (Wildman–Crippen MR) is 126 cm³/mol. The Morgan fingerprint density at radius 1 is 1.06 bits per heavy atom. The number of amides is 1. The zero-order valence-electron chi connectivity index (χ0n) is 18.9. The second-order valence-electron chi connectivity index (χ2n) is 9.24. The van der Waals surface area contributed by atoms with Gasteiger partial charge in [-0.25, -0.2) is 4.98 Å². The molecule has 1 amide bonds. The van der Waals surface area contributed by atoms with E-state index in [-0.39, 0.29) is 11.9 Å². The second-order valence-corrected chi connectivity index (χ2v) is 9.24. The van der Waals surface area contributed by atoms with Crippen LogP contribution in [0.4, 0.5) is 0 Å². The summed E-state index contributed by atoms with van der Waals surface area (Å²) in [6.45, 7) is 2.17. The molecule has 2 aliphatic rings. The van der Waals surface area contributed by atoms with Gasteiger partial charge in [0.2, 0.25) is 0 Å². The monoisotopic (exact) mass is 430 g/mol. The molecule has 2 aliphatic carbocycles. The van der Waals surface area contributed by atoms with Crippen LogP contribution in [0.5, 0.6) is 11.5 Å². The number of nitrogens with one attached hydrogen (secondary N) is 1. The normalized spacial score (nSPS) is 22.7. The lowest BCUT2D eigenvalue weighted by molar-refractivity contribution is 0.0917. The third kappa shape index (κ3) is 3.70. The Bertz CT molecular complexity index is 1160. The van der Waals surface area contributed by atoms with Gasteiger partial charge in [-0.15, -0.1) is 0 Å². The summed E-state index contributed by atoms with van der Waals surface area (Å²) in [6, 6.07) is 15.5. The standard InChI is InChI=1S/C27H30N2O3/c1-16(22-13-17-8-9-18(22)12-17)28-27(30)23-15-25(29-24-7-5-4-6-20(23)24)21-11-10-19(31-2)14-26(21)32-3/h4-7,10-11,14-18,22H,8-9,12-13H2,1-3H3,(H,28,30)/t16-,17+,18+,22+/m1/s1. The van der Waals surface area contributed by atoms with Crippen LogP contribution in [0.25, 0.3) is 22.2 Å². The maximum absolute atomic E-state index is 13.5. The number of carbonyl (C=O) groups excluding carboxylic acids is 1. The number of para-hydroxylation sites is 1. The molecule has 1 N–H and O–H groups in total. The van der Waals surface area contributed by atoms with Crippen LogP contribution in [0.15, 0.2) is 48.5 Å². The van der Waals surface area contributed by atoms with E-state index in [0.717, 1.165) is 28.3 Å². The number of benzene rings is 2. The van der Waals surface area contributed by atoms with Crippen molar-refractivity contribution in [3.05, 3.63) is 54.1 Å². The first kappa shape index (κ1) is 20.8. The van der Waals surface area contributed by atoms with Crippen molar-refractivity contribution in [2.75, 3.05) is 14.2 Å². The number of carbonyl (C=O) groups is 1. The summed E-state index contributed by atoms with van der Waals surface area (Å²) in [5.41, 5.74) is 2.98. The lowest BCUT2D eigenvalue weighted by Gasteiger charge is -2.28. The number of hydrogen-bond donors (Lipinski definition) is 1. The number of aromatic nitrogens is 1. The van der Waals surface area contributed by atoms with Gasteiger partial charge >= 0.3 is 0 Å². The smallest absolute Gasteiger partial charge is 0.252 e. The van der Waals surface area contributed by atoms with Gasteiger partial charge in [0.1, 0.15) is 11.5 Å². The molecule has 2 aromatic carbocycles. The number of fused-ring (bicyclic) bond motifs is 3. The lowest BCUT2D eigenvalue weighted by Crippen LogP contribution is -2.40. The highest BCUT2D eigenvalue weighted by Crippen LogP contribution is 2.49. The molecule has 5 heteroatoms. The van der Waals surface area contributed by atoms with Gasteiger partial charge in [0.25, 0.3) is 5.91 Å². The van der Waals surface area contributed by atoms with Gasteiger partial charge in [0, 0.05) is 23.1 Å². The average molecular weight is 431 g/mol. The first-order chi connectivity index (χ1) is 15.6. The van der Waals surface area contributed by atoms with Crippen LogP contribution in [-0.2, 0) is 0 Å². The molecule has 5 rings (SSSR count). The molecular formula is C27H30N2O3. The molecule has 166 valence electrons. The van der Waals surface area contributed by atoms with E-state index in [4.69, 9.17) is 14.5 Å². The topological polar surface area (TPSA) is 60.5 Å². The molecule has 1 aromatic heterocycles. The van der Waals surface area contributed by atoms with Crippen LogP contribution in [0.1, 0.15) is 43.0 Å². The summed E-state index contributed by atoms with van der Waals surface area (Å²) >= 11 is 0. The van der Waals surface area contributed by atoms with Gasteiger partial charge in [-0.3, -0.25) is 4.79 Å². The van der Waals surface area contributed by atoms with Crippen molar-refractivity contribution in [1.29, 1.82) is 0 Å². The minimum Gasteiger partial charge on any atom is -0.497 e. The van der Waals surface area contributed by atoms with Gasteiger partial charge < -0.3 is 14.8 Å². The molecule has 5 nitrogen and oxygen atoms in total. The molecule has 0 saturated heterocycles. The van der Waals surface area contributed by atoms with Crippen LogP contribution in [0.3, 0.4) is 0 Å². The SMILES string of the molecule is COc1ccc(-c2cc(C(=O)N[C@H](C)[C@@H]3C[C@H]4CC[C@H]3C4)c3ccccc3n2)c(OC)c1. The third-order valence-electron chi connectivity index (χ3n) is 7.44. The van der Waals surface area contributed by atoms with Crippen molar-refractivity contribution in [1.82, 2.24) is 10.3 Å². The van der Waals surface area contributed by atoms with Crippen molar-refractivity contribution < 1.29 is 14.3 Å². The van der Waals surface area contributed by atoms with Crippen molar-refractivity contribution in [3.8, 4) is 22.8 Å². The predicted octanol–water partition coefficient (Wildman–Crippen LogP) is 5.47. The van der Waals surface area contributed by atoms with Crippen LogP contribution in [0, 0.1) is 17.8 Å². The fourth-order valence-electron chi connectivity index (χ4n) is 5.81. The molecule has 2 saturated carbocycles. The molecule has 32 heavy (non-hydrogen) atoms. The van der Waals surface area contributed by atoms with Crippen LogP contribution < -0.4 is 14.8 Å². The molecule has 1 heterocycles. The van der Waals surface area contributed by atoms with E-state index in [1.54, 1.807) is 14.2 Å². The Hall–Kier alpha value is -3.08. The van der Waals surface area contributed by atoms with E-state index in [1.165, 1.54) is 25.7 Å². The summed E-state index contributed by atoms with van der Waals surface area (Å²) in [4.78, 5) is 18.3. The van der Waals surface area contributed by atoms with E-state index in [9.17, 15) is 4.79 Å². The first-order valence-electron chi connectivity index (χ1n) is 11.5. The Kier molecular flexibility index (Phi) is 5.50. The Balaban J connectivity index is 1.51.